The number of nitrogens with zero attached hydrogens (tertiary/aromatic N) is 1. The lowest BCUT2D eigenvalue weighted by Crippen LogP contribution is -2.24. The van der Waals surface area contributed by atoms with E-state index in [4.69, 9.17) is 0 Å². The molecule has 2 rings (SSSR count). The predicted octanol–water partition coefficient (Wildman–Crippen LogP) is 0.632. The van der Waals surface area contributed by atoms with Gasteiger partial charge in [0.15, 0.2) is 0 Å². The molecule has 0 aromatic carbocycles. The highest BCUT2D eigenvalue weighted by Crippen LogP contribution is 2.08. The first kappa shape index (κ1) is 11.1. The van der Waals surface area contributed by atoms with Crippen molar-refractivity contribution in [3.05, 3.63) is 22.2 Å². The van der Waals surface area contributed by atoms with Gasteiger partial charge in [0.05, 0.1) is 0 Å². The first-order chi connectivity index (χ1) is 7.74. The maximum absolute atomic E-state index is 11.2. The first-order valence-electron chi connectivity index (χ1n) is 5.79. The summed E-state index contributed by atoms with van der Waals surface area (Å²) in [5, 5.41) is 6.62. The molecule has 0 saturated carbocycles. The van der Waals surface area contributed by atoms with Crippen LogP contribution in [0.25, 0.3) is 0 Å². The first-order valence-corrected chi connectivity index (χ1v) is 5.79. The van der Waals surface area contributed by atoms with Crippen molar-refractivity contribution in [2.75, 3.05) is 18.4 Å². The van der Waals surface area contributed by atoms with Gasteiger partial charge in [-0.3, -0.25) is 4.79 Å². The van der Waals surface area contributed by atoms with E-state index in [9.17, 15) is 4.79 Å². The molecule has 1 aliphatic rings. The molecule has 88 valence electrons. The number of rotatable bonds is 4. The molecule has 2 heterocycles. The highest BCUT2D eigenvalue weighted by atomic mass is 16.1. The Balaban J connectivity index is 1.82. The minimum Gasteiger partial charge on any atom is -0.370 e. The van der Waals surface area contributed by atoms with E-state index in [0.717, 1.165) is 19.5 Å². The second kappa shape index (κ2) is 5.12. The third-order valence-electron chi connectivity index (χ3n) is 2.82. The van der Waals surface area contributed by atoms with Gasteiger partial charge in [0.25, 0.3) is 5.56 Å². The van der Waals surface area contributed by atoms with Crippen LogP contribution in [-0.4, -0.2) is 29.1 Å². The molecule has 0 aliphatic carbocycles. The molecule has 1 atom stereocenters. The third-order valence-corrected chi connectivity index (χ3v) is 2.82. The van der Waals surface area contributed by atoms with Crippen LogP contribution in [0.3, 0.4) is 0 Å². The van der Waals surface area contributed by atoms with E-state index in [-0.39, 0.29) is 5.56 Å². The van der Waals surface area contributed by atoms with E-state index >= 15 is 0 Å². The lowest BCUT2D eigenvalue weighted by atomic mass is 10.1. The fourth-order valence-electron chi connectivity index (χ4n) is 2.05. The summed E-state index contributed by atoms with van der Waals surface area (Å²) in [6.45, 7) is 3.77. The summed E-state index contributed by atoms with van der Waals surface area (Å²) >= 11 is 0. The van der Waals surface area contributed by atoms with Gasteiger partial charge in [0.1, 0.15) is 11.6 Å². The molecule has 5 heteroatoms. The van der Waals surface area contributed by atoms with E-state index in [1.54, 1.807) is 6.92 Å². The molecule has 1 fully saturated rings. The van der Waals surface area contributed by atoms with Crippen molar-refractivity contribution < 1.29 is 0 Å². The SMILES string of the molecule is Cc1nc(NCCC2CCCN2)cc(=O)[nH]1. The molecule has 1 aromatic heterocycles. The monoisotopic (exact) mass is 222 g/mol. The van der Waals surface area contributed by atoms with Crippen molar-refractivity contribution in [2.45, 2.75) is 32.2 Å². The second-order valence-corrected chi connectivity index (χ2v) is 4.22. The highest BCUT2D eigenvalue weighted by Gasteiger charge is 2.12. The van der Waals surface area contributed by atoms with E-state index in [1.807, 2.05) is 0 Å². The Bertz CT molecular complexity index is 395. The van der Waals surface area contributed by atoms with Crippen molar-refractivity contribution in [3.63, 3.8) is 0 Å². The van der Waals surface area contributed by atoms with Gasteiger partial charge < -0.3 is 15.6 Å². The average molecular weight is 222 g/mol. The summed E-state index contributed by atoms with van der Waals surface area (Å²) in [6, 6.07) is 2.12. The molecule has 1 aromatic rings. The average Bonchev–Trinajstić information content (AvgIpc) is 2.69. The topological polar surface area (TPSA) is 69.8 Å². The Morgan fingerprint density at radius 3 is 3.19 bits per heavy atom. The molecule has 5 nitrogen and oxygen atoms in total. The second-order valence-electron chi connectivity index (χ2n) is 4.22. The Kier molecular flexibility index (Phi) is 3.56. The standard InChI is InChI=1S/C11H18N4O/c1-8-14-10(7-11(16)15-8)13-6-4-9-3-2-5-12-9/h7,9,12H,2-6H2,1H3,(H2,13,14,15,16). The third kappa shape index (κ3) is 3.06. The molecule has 1 aliphatic heterocycles. The summed E-state index contributed by atoms with van der Waals surface area (Å²) < 4.78 is 0. The molecular weight excluding hydrogens is 204 g/mol. The van der Waals surface area contributed by atoms with Gasteiger partial charge in [-0.25, -0.2) is 4.98 Å². The largest absolute Gasteiger partial charge is 0.370 e. The Morgan fingerprint density at radius 1 is 1.62 bits per heavy atom. The van der Waals surface area contributed by atoms with Crippen LogP contribution in [0.5, 0.6) is 0 Å². The van der Waals surface area contributed by atoms with Crippen LogP contribution in [0.2, 0.25) is 0 Å². The molecule has 16 heavy (non-hydrogen) atoms. The van der Waals surface area contributed by atoms with Crippen LogP contribution in [0.15, 0.2) is 10.9 Å². The highest BCUT2D eigenvalue weighted by molar-refractivity contribution is 5.32. The van der Waals surface area contributed by atoms with Crippen molar-refractivity contribution in [1.82, 2.24) is 15.3 Å². The zero-order chi connectivity index (χ0) is 11.4. The fourth-order valence-corrected chi connectivity index (χ4v) is 2.05. The number of anilines is 1. The minimum absolute atomic E-state index is 0.103. The van der Waals surface area contributed by atoms with Gasteiger partial charge in [-0.05, 0) is 32.7 Å². The minimum atomic E-state index is -0.103. The van der Waals surface area contributed by atoms with Crippen LogP contribution in [-0.2, 0) is 0 Å². The number of hydrogen-bond acceptors (Lipinski definition) is 4. The van der Waals surface area contributed by atoms with Gasteiger partial charge in [0.2, 0.25) is 0 Å². The summed E-state index contributed by atoms with van der Waals surface area (Å²) in [5.74, 6) is 1.31. The van der Waals surface area contributed by atoms with Gasteiger partial charge >= 0.3 is 0 Å². The van der Waals surface area contributed by atoms with Gasteiger partial charge in [-0.1, -0.05) is 0 Å². The molecule has 0 radical (unpaired) electrons. The number of hydrogen-bond donors (Lipinski definition) is 3. The Morgan fingerprint density at radius 2 is 2.50 bits per heavy atom. The maximum Gasteiger partial charge on any atom is 0.252 e. The lowest BCUT2D eigenvalue weighted by molar-refractivity contribution is 0.574. The van der Waals surface area contributed by atoms with Crippen molar-refractivity contribution >= 4 is 5.82 Å². The van der Waals surface area contributed by atoms with E-state index in [2.05, 4.69) is 20.6 Å². The number of aromatic amines is 1. The smallest absolute Gasteiger partial charge is 0.252 e. The molecule has 3 N–H and O–H groups in total. The number of H-pyrrole nitrogens is 1. The predicted molar refractivity (Wildman–Crippen MR) is 63.7 cm³/mol. The summed E-state index contributed by atoms with van der Waals surface area (Å²) in [7, 11) is 0. The number of nitrogens with one attached hydrogen (secondary N) is 3. The summed E-state index contributed by atoms with van der Waals surface area (Å²) in [5.41, 5.74) is -0.103. The fraction of sp³-hybridized carbons (Fsp3) is 0.636. The van der Waals surface area contributed by atoms with E-state index in [1.165, 1.54) is 18.9 Å². The molecule has 0 bridgehead atoms. The zero-order valence-corrected chi connectivity index (χ0v) is 9.55. The zero-order valence-electron chi connectivity index (χ0n) is 9.55. The molecule has 0 amide bonds. The maximum atomic E-state index is 11.2. The van der Waals surface area contributed by atoms with Crippen LogP contribution in [0.4, 0.5) is 5.82 Å². The van der Waals surface area contributed by atoms with Gasteiger partial charge in [-0.15, -0.1) is 0 Å². The summed E-state index contributed by atoms with van der Waals surface area (Å²) in [6.07, 6.45) is 3.60. The van der Waals surface area contributed by atoms with Gasteiger partial charge in [0, 0.05) is 18.7 Å². The van der Waals surface area contributed by atoms with Crippen LogP contribution >= 0.6 is 0 Å². The quantitative estimate of drug-likeness (QED) is 0.699. The molecule has 0 spiro atoms. The van der Waals surface area contributed by atoms with Crippen LogP contribution < -0.4 is 16.2 Å². The van der Waals surface area contributed by atoms with E-state index in [0.29, 0.717) is 17.7 Å². The summed E-state index contributed by atoms with van der Waals surface area (Å²) in [4.78, 5) is 18.0. The number of aromatic nitrogens is 2. The van der Waals surface area contributed by atoms with Crippen molar-refractivity contribution in [1.29, 1.82) is 0 Å². The van der Waals surface area contributed by atoms with Crippen LogP contribution in [0, 0.1) is 6.92 Å². The van der Waals surface area contributed by atoms with E-state index < -0.39 is 0 Å². The molecule has 1 saturated heterocycles. The number of aryl methyl sites for hydroxylation is 1. The van der Waals surface area contributed by atoms with Crippen molar-refractivity contribution in [3.8, 4) is 0 Å². The molecule has 1 unspecified atom stereocenters. The van der Waals surface area contributed by atoms with Crippen LogP contribution in [0.1, 0.15) is 25.1 Å². The van der Waals surface area contributed by atoms with Gasteiger partial charge in [-0.2, -0.15) is 0 Å². The van der Waals surface area contributed by atoms with Crippen molar-refractivity contribution in [2.24, 2.45) is 0 Å². The normalized spacial score (nSPS) is 19.9. The lowest BCUT2D eigenvalue weighted by Gasteiger charge is -2.10. The molecular formula is C11H18N4O. The Labute approximate surface area is 94.7 Å². The Hall–Kier alpha value is -1.36.